The van der Waals surface area contributed by atoms with Crippen molar-refractivity contribution in [2.45, 2.75) is 13.3 Å². The number of hydrogen-bond donors (Lipinski definition) is 2. The Balaban J connectivity index is 2.11. The average Bonchev–Trinajstić information content (AvgIpc) is 2.78. The van der Waals surface area contributed by atoms with Crippen molar-refractivity contribution in [1.82, 2.24) is 10.3 Å². The number of nitrogens with one attached hydrogen (secondary N) is 1. The van der Waals surface area contributed by atoms with Gasteiger partial charge in [-0.15, -0.1) is 0 Å². The minimum Gasteiger partial charge on any atom is -0.366 e. The van der Waals surface area contributed by atoms with Crippen LogP contribution in [0.2, 0.25) is 0 Å². The maximum absolute atomic E-state index is 14.6. The largest absolute Gasteiger partial charge is 0.366 e. The summed E-state index contributed by atoms with van der Waals surface area (Å²) in [5.41, 5.74) is 10.1. The van der Waals surface area contributed by atoms with Crippen molar-refractivity contribution in [3.05, 3.63) is 81.3 Å². The molecule has 1 aromatic heterocycles. The summed E-state index contributed by atoms with van der Waals surface area (Å²) in [6.07, 6.45) is 3.03. The van der Waals surface area contributed by atoms with Crippen LogP contribution >= 0.6 is 11.6 Å². The van der Waals surface area contributed by atoms with Gasteiger partial charge in [-0.05, 0) is 42.8 Å². The van der Waals surface area contributed by atoms with Gasteiger partial charge in [-0.3, -0.25) is 9.78 Å². The summed E-state index contributed by atoms with van der Waals surface area (Å²) in [7, 11) is 0. The number of halogens is 3. The van der Waals surface area contributed by atoms with E-state index in [1.54, 1.807) is 13.0 Å². The van der Waals surface area contributed by atoms with Crippen LogP contribution in [0.3, 0.4) is 0 Å². The minimum absolute atomic E-state index is 0.142. The number of amides is 1. The number of aromatic nitrogens is 1. The number of hydrogen-bond acceptors (Lipinski definition) is 3. The van der Waals surface area contributed by atoms with Gasteiger partial charge in [0.25, 0.3) is 0 Å². The van der Waals surface area contributed by atoms with E-state index in [9.17, 15) is 13.6 Å². The molecule has 0 fully saturated rings. The first-order chi connectivity index (χ1) is 12.4. The molecule has 0 saturated heterocycles. The Morgan fingerprint density at radius 2 is 2.08 bits per heavy atom. The molecule has 3 N–H and O–H groups in total. The Bertz CT molecular complexity index is 991. The van der Waals surface area contributed by atoms with Crippen LogP contribution in [0.5, 0.6) is 0 Å². The van der Waals surface area contributed by atoms with Gasteiger partial charge in [0.05, 0.1) is 17.6 Å². The lowest BCUT2D eigenvalue weighted by molar-refractivity contribution is 0.0999. The number of nitrogens with zero attached hydrogens (tertiary/aromatic N) is 1. The lowest BCUT2D eigenvalue weighted by Crippen LogP contribution is -2.18. The molecule has 2 heterocycles. The van der Waals surface area contributed by atoms with E-state index in [-0.39, 0.29) is 16.8 Å². The number of carbonyl (C=O) groups excluding carboxylic acids is 1. The summed E-state index contributed by atoms with van der Waals surface area (Å²) in [6, 6.07) is 5.23. The van der Waals surface area contributed by atoms with Crippen molar-refractivity contribution in [3.63, 3.8) is 0 Å². The second kappa shape index (κ2) is 7.12. The molecular formula is C19H14ClF2N3O. The fourth-order valence-electron chi connectivity index (χ4n) is 2.69. The molecule has 4 nitrogen and oxygen atoms in total. The van der Waals surface area contributed by atoms with Gasteiger partial charge in [0.15, 0.2) is 0 Å². The van der Waals surface area contributed by atoms with Crippen LogP contribution < -0.4 is 11.1 Å². The highest BCUT2D eigenvalue weighted by molar-refractivity contribution is 6.33. The van der Waals surface area contributed by atoms with Crippen molar-refractivity contribution < 1.29 is 13.6 Å². The number of rotatable bonds is 3. The predicted molar refractivity (Wildman–Crippen MR) is 95.9 cm³/mol. The van der Waals surface area contributed by atoms with Crippen LogP contribution in [0.4, 0.5) is 8.78 Å². The number of carbonyl (C=O) groups is 1. The van der Waals surface area contributed by atoms with Crippen LogP contribution in [0, 0.1) is 18.6 Å². The monoisotopic (exact) mass is 373 g/mol. The smallest absolute Gasteiger partial charge is 0.248 e. The molecule has 0 unspecified atom stereocenters. The van der Waals surface area contributed by atoms with Gasteiger partial charge in [0.1, 0.15) is 17.3 Å². The zero-order valence-electron chi connectivity index (χ0n) is 13.7. The average molecular weight is 374 g/mol. The summed E-state index contributed by atoms with van der Waals surface area (Å²) in [4.78, 5) is 15.6. The van der Waals surface area contributed by atoms with Gasteiger partial charge in [-0.25, -0.2) is 8.78 Å². The SMILES string of the molecule is Cc1c(C(N)=O)ccc(F)c1C1=C(Cl)CC=C=C(c2ccc(F)cn2)N1. The van der Waals surface area contributed by atoms with Crippen molar-refractivity contribution in [2.75, 3.05) is 0 Å². The zero-order chi connectivity index (χ0) is 18.8. The molecule has 132 valence electrons. The quantitative estimate of drug-likeness (QED) is 0.803. The van der Waals surface area contributed by atoms with Gasteiger partial charge >= 0.3 is 0 Å². The fourth-order valence-corrected chi connectivity index (χ4v) is 2.90. The van der Waals surface area contributed by atoms with E-state index in [1.165, 1.54) is 24.3 Å². The summed E-state index contributed by atoms with van der Waals surface area (Å²) in [6.45, 7) is 1.59. The van der Waals surface area contributed by atoms with Gasteiger partial charge in [-0.2, -0.15) is 0 Å². The first-order valence-electron chi connectivity index (χ1n) is 7.70. The summed E-state index contributed by atoms with van der Waals surface area (Å²) in [5.74, 6) is -1.69. The van der Waals surface area contributed by atoms with Gasteiger partial charge in [0.2, 0.25) is 5.91 Å². The van der Waals surface area contributed by atoms with E-state index in [1.807, 2.05) is 0 Å². The topological polar surface area (TPSA) is 68.0 Å². The van der Waals surface area contributed by atoms with E-state index >= 15 is 0 Å². The standard InChI is InChI=1S/C19H14ClF2N3O/c1-10-12(19(23)26)6-7-14(22)17(10)18-13(20)3-2-4-16(25-18)15-8-5-11(21)9-24-15/h2,5-9,25H,3H2,1H3,(H2,23,26). The molecule has 26 heavy (non-hydrogen) atoms. The molecular weight excluding hydrogens is 360 g/mol. The highest BCUT2D eigenvalue weighted by Gasteiger charge is 2.21. The van der Waals surface area contributed by atoms with Gasteiger partial charge < -0.3 is 11.1 Å². The molecule has 1 aliphatic rings. The third-order valence-electron chi connectivity index (χ3n) is 3.96. The van der Waals surface area contributed by atoms with E-state index in [2.05, 4.69) is 16.0 Å². The Morgan fingerprint density at radius 3 is 2.73 bits per heavy atom. The van der Waals surface area contributed by atoms with Gasteiger partial charge in [-0.1, -0.05) is 17.3 Å². The highest BCUT2D eigenvalue weighted by Crippen LogP contribution is 2.31. The molecule has 7 heteroatoms. The first-order valence-corrected chi connectivity index (χ1v) is 8.08. The van der Waals surface area contributed by atoms with E-state index in [0.717, 1.165) is 6.20 Å². The molecule has 2 aromatic rings. The molecule has 0 atom stereocenters. The first kappa shape index (κ1) is 17.9. The van der Waals surface area contributed by atoms with E-state index < -0.39 is 17.5 Å². The second-order valence-corrected chi connectivity index (χ2v) is 6.11. The third kappa shape index (κ3) is 3.38. The van der Waals surface area contributed by atoms with Crippen molar-refractivity contribution in [1.29, 1.82) is 0 Å². The maximum Gasteiger partial charge on any atom is 0.248 e. The van der Waals surface area contributed by atoms with Crippen LogP contribution in [0.25, 0.3) is 11.4 Å². The summed E-state index contributed by atoms with van der Waals surface area (Å²) < 4.78 is 27.7. The van der Waals surface area contributed by atoms with E-state index in [0.29, 0.717) is 28.4 Å². The van der Waals surface area contributed by atoms with Crippen LogP contribution in [0.15, 0.2) is 47.3 Å². The Morgan fingerprint density at radius 1 is 1.31 bits per heavy atom. The van der Waals surface area contributed by atoms with Crippen LogP contribution in [-0.4, -0.2) is 10.9 Å². The van der Waals surface area contributed by atoms with Crippen molar-refractivity contribution in [3.8, 4) is 0 Å². The molecule has 0 bridgehead atoms. The molecule has 0 spiro atoms. The maximum atomic E-state index is 14.6. The zero-order valence-corrected chi connectivity index (χ0v) is 14.5. The molecule has 0 saturated carbocycles. The Labute approximate surface area is 153 Å². The number of benzene rings is 1. The molecule has 3 rings (SSSR count). The number of pyridine rings is 1. The Hall–Kier alpha value is -2.95. The number of nitrogens with two attached hydrogens (primary N) is 1. The van der Waals surface area contributed by atoms with Gasteiger partial charge in [0, 0.05) is 22.6 Å². The molecule has 0 aliphatic carbocycles. The highest BCUT2D eigenvalue weighted by atomic mass is 35.5. The van der Waals surface area contributed by atoms with Crippen molar-refractivity contribution in [2.24, 2.45) is 5.73 Å². The third-order valence-corrected chi connectivity index (χ3v) is 4.31. The molecule has 1 amide bonds. The lowest BCUT2D eigenvalue weighted by atomic mass is 9.98. The number of primary amides is 1. The van der Waals surface area contributed by atoms with Crippen molar-refractivity contribution >= 4 is 28.9 Å². The summed E-state index contributed by atoms with van der Waals surface area (Å²) >= 11 is 6.34. The van der Waals surface area contributed by atoms with Crippen LogP contribution in [-0.2, 0) is 0 Å². The molecule has 1 aromatic carbocycles. The molecule has 1 aliphatic heterocycles. The molecule has 0 radical (unpaired) electrons. The second-order valence-electron chi connectivity index (χ2n) is 5.65. The number of allylic oxidation sites excluding steroid dienone is 2. The predicted octanol–water partition coefficient (Wildman–Crippen LogP) is 3.86. The lowest BCUT2D eigenvalue weighted by Gasteiger charge is -2.18. The fraction of sp³-hybridized carbons (Fsp3) is 0.105. The minimum atomic E-state index is -0.664. The normalized spacial score (nSPS) is 13.9. The summed E-state index contributed by atoms with van der Waals surface area (Å²) in [5, 5.41) is 3.34. The van der Waals surface area contributed by atoms with Crippen LogP contribution in [0.1, 0.15) is 33.6 Å². The van der Waals surface area contributed by atoms with E-state index in [4.69, 9.17) is 17.3 Å². The Kier molecular flexibility index (Phi) is 4.89.